The molecule has 0 saturated heterocycles. The summed E-state index contributed by atoms with van der Waals surface area (Å²) in [5.41, 5.74) is 3.79. The largest absolute Gasteiger partial charge is 0.508 e. The highest BCUT2D eigenvalue weighted by molar-refractivity contribution is 5.44. The number of rotatable bonds is 4. The van der Waals surface area contributed by atoms with Crippen LogP contribution in [-0.2, 0) is 12.8 Å². The molecule has 0 radical (unpaired) electrons. The van der Waals surface area contributed by atoms with Crippen LogP contribution >= 0.6 is 0 Å². The van der Waals surface area contributed by atoms with E-state index in [9.17, 15) is 5.11 Å². The Kier molecular flexibility index (Phi) is 4.40. The lowest BCUT2D eigenvalue weighted by Crippen LogP contribution is -2.03. The second-order valence-corrected chi connectivity index (χ2v) is 5.54. The molecule has 0 unspecified atom stereocenters. The molecule has 16 heavy (non-hydrogen) atoms. The highest BCUT2D eigenvalue weighted by Gasteiger charge is 2.11. The molecule has 90 valence electrons. The van der Waals surface area contributed by atoms with Gasteiger partial charge in [0.1, 0.15) is 5.75 Å². The predicted octanol–water partition coefficient (Wildman–Crippen LogP) is 4.10. The number of benzene rings is 1. The standard InChI is InChI=1S/C15H24O/c1-10(2)8-13-6-7-15(16)14(12(13)5)9-11(3)4/h6-7,10-11,16H,8-9H2,1-5H3. The van der Waals surface area contributed by atoms with Gasteiger partial charge in [0.05, 0.1) is 0 Å². The molecule has 0 aromatic heterocycles. The van der Waals surface area contributed by atoms with Gasteiger partial charge in [-0.15, -0.1) is 0 Å². The SMILES string of the molecule is Cc1c(CC(C)C)ccc(O)c1CC(C)C. The average Bonchev–Trinajstić information content (AvgIpc) is 2.16. The van der Waals surface area contributed by atoms with Crippen molar-refractivity contribution in [1.29, 1.82) is 0 Å². The monoisotopic (exact) mass is 220 g/mol. The molecule has 0 aliphatic carbocycles. The van der Waals surface area contributed by atoms with Crippen molar-refractivity contribution in [2.45, 2.75) is 47.5 Å². The molecule has 0 aliphatic heterocycles. The maximum Gasteiger partial charge on any atom is 0.119 e. The lowest BCUT2D eigenvalue weighted by molar-refractivity contribution is 0.460. The third-order valence-electron chi connectivity index (χ3n) is 2.93. The molecule has 1 rings (SSSR count). The zero-order valence-corrected chi connectivity index (χ0v) is 11.2. The summed E-state index contributed by atoms with van der Waals surface area (Å²) in [5.74, 6) is 1.70. The van der Waals surface area contributed by atoms with Crippen LogP contribution in [0, 0.1) is 18.8 Å². The van der Waals surface area contributed by atoms with E-state index in [2.05, 4.69) is 40.7 Å². The number of hydrogen-bond donors (Lipinski definition) is 1. The molecule has 0 heterocycles. The van der Waals surface area contributed by atoms with Crippen LogP contribution in [0.1, 0.15) is 44.4 Å². The molecule has 0 spiro atoms. The van der Waals surface area contributed by atoms with E-state index < -0.39 is 0 Å². The van der Waals surface area contributed by atoms with E-state index >= 15 is 0 Å². The van der Waals surface area contributed by atoms with Gasteiger partial charge in [-0.05, 0) is 54.4 Å². The third kappa shape index (κ3) is 3.26. The lowest BCUT2D eigenvalue weighted by atomic mass is 9.91. The molecule has 1 aromatic carbocycles. The number of aromatic hydroxyl groups is 1. The predicted molar refractivity (Wildman–Crippen MR) is 69.9 cm³/mol. The van der Waals surface area contributed by atoms with Crippen LogP contribution in [-0.4, -0.2) is 5.11 Å². The first-order valence-electron chi connectivity index (χ1n) is 6.22. The van der Waals surface area contributed by atoms with Crippen LogP contribution in [0.15, 0.2) is 12.1 Å². The summed E-state index contributed by atoms with van der Waals surface area (Å²) in [7, 11) is 0. The Hall–Kier alpha value is -0.980. The van der Waals surface area contributed by atoms with Gasteiger partial charge < -0.3 is 5.11 Å². The topological polar surface area (TPSA) is 20.2 Å². The first-order valence-corrected chi connectivity index (χ1v) is 6.22. The van der Waals surface area contributed by atoms with Crippen LogP contribution in [0.2, 0.25) is 0 Å². The summed E-state index contributed by atoms with van der Waals surface area (Å²) in [6.45, 7) is 11.0. The van der Waals surface area contributed by atoms with Crippen molar-refractivity contribution in [3.05, 3.63) is 28.8 Å². The van der Waals surface area contributed by atoms with E-state index in [1.807, 2.05) is 6.07 Å². The van der Waals surface area contributed by atoms with Gasteiger partial charge in [-0.3, -0.25) is 0 Å². The van der Waals surface area contributed by atoms with E-state index in [4.69, 9.17) is 0 Å². The molecule has 1 aromatic rings. The number of phenols is 1. The van der Waals surface area contributed by atoms with Crippen molar-refractivity contribution in [1.82, 2.24) is 0 Å². The summed E-state index contributed by atoms with van der Waals surface area (Å²) < 4.78 is 0. The summed E-state index contributed by atoms with van der Waals surface area (Å²) in [4.78, 5) is 0. The fraction of sp³-hybridized carbons (Fsp3) is 0.600. The van der Waals surface area contributed by atoms with E-state index in [-0.39, 0.29) is 0 Å². The Labute approximate surface area is 99.5 Å². The first-order chi connectivity index (χ1) is 7.41. The quantitative estimate of drug-likeness (QED) is 0.810. The van der Waals surface area contributed by atoms with Gasteiger partial charge in [-0.2, -0.15) is 0 Å². The van der Waals surface area contributed by atoms with Crippen molar-refractivity contribution < 1.29 is 5.11 Å². The number of hydrogen-bond acceptors (Lipinski definition) is 1. The van der Waals surface area contributed by atoms with E-state index in [1.165, 1.54) is 11.1 Å². The van der Waals surface area contributed by atoms with Gasteiger partial charge >= 0.3 is 0 Å². The molecule has 0 fully saturated rings. The minimum Gasteiger partial charge on any atom is -0.508 e. The minimum atomic E-state index is 0.457. The van der Waals surface area contributed by atoms with Crippen molar-refractivity contribution >= 4 is 0 Å². The molecular weight excluding hydrogens is 196 g/mol. The lowest BCUT2D eigenvalue weighted by Gasteiger charge is -2.16. The van der Waals surface area contributed by atoms with Crippen molar-refractivity contribution in [2.75, 3.05) is 0 Å². The zero-order chi connectivity index (χ0) is 12.3. The fourth-order valence-electron chi connectivity index (χ4n) is 2.12. The highest BCUT2D eigenvalue weighted by atomic mass is 16.3. The van der Waals surface area contributed by atoms with Gasteiger partial charge in [0, 0.05) is 0 Å². The highest BCUT2D eigenvalue weighted by Crippen LogP contribution is 2.27. The average molecular weight is 220 g/mol. The van der Waals surface area contributed by atoms with Crippen molar-refractivity contribution in [3.8, 4) is 5.75 Å². The molecular formula is C15H24O. The summed E-state index contributed by atoms with van der Waals surface area (Å²) >= 11 is 0. The van der Waals surface area contributed by atoms with Gasteiger partial charge in [0.25, 0.3) is 0 Å². The Morgan fingerprint density at radius 3 is 2.06 bits per heavy atom. The number of phenolic OH excluding ortho intramolecular Hbond substituents is 1. The summed E-state index contributed by atoms with van der Waals surface area (Å²) in [6, 6.07) is 3.91. The second-order valence-electron chi connectivity index (χ2n) is 5.54. The van der Waals surface area contributed by atoms with Crippen LogP contribution in [0.3, 0.4) is 0 Å². The van der Waals surface area contributed by atoms with Gasteiger partial charge in [0.2, 0.25) is 0 Å². The van der Waals surface area contributed by atoms with Crippen LogP contribution in [0.5, 0.6) is 5.75 Å². The van der Waals surface area contributed by atoms with Crippen LogP contribution in [0.4, 0.5) is 0 Å². The third-order valence-corrected chi connectivity index (χ3v) is 2.93. The summed E-state index contributed by atoms with van der Waals surface area (Å²) in [6.07, 6.45) is 2.06. The maximum absolute atomic E-state index is 9.90. The molecule has 1 heteroatoms. The molecule has 0 bridgehead atoms. The van der Waals surface area contributed by atoms with Gasteiger partial charge in [-0.1, -0.05) is 33.8 Å². The molecule has 1 N–H and O–H groups in total. The minimum absolute atomic E-state index is 0.457. The van der Waals surface area contributed by atoms with E-state index in [1.54, 1.807) is 0 Å². The zero-order valence-electron chi connectivity index (χ0n) is 11.2. The summed E-state index contributed by atoms with van der Waals surface area (Å²) in [5, 5.41) is 9.90. The fourth-order valence-corrected chi connectivity index (χ4v) is 2.12. The van der Waals surface area contributed by atoms with Crippen molar-refractivity contribution in [3.63, 3.8) is 0 Å². The normalized spacial score (nSPS) is 11.4. The maximum atomic E-state index is 9.90. The van der Waals surface area contributed by atoms with Crippen LogP contribution in [0.25, 0.3) is 0 Å². The first kappa shape index (κ1) is 13.1. The van der Waals surface area contributed by atoms with Crippen molar-refractivity contribution in [2.24, 2.45) is 11.8 Å². The Morgan fingerprint density at radius 2 is 1.56 bits per heavy atom. The smallest absolute Gasteiger partial charge is 0.119 e. The Morgan fingerprint density at radius 1 is 1.00 bits per heavy atom. The van der Waals surface area contributed by atoms with Gasteiger partial charge in [-0.25, -0.2) is 0 Å². The molecule has 0 atom stereocenters. The molecule has 0 amide bonds. The van der Waals surface area contributed by atoms with E-state index in [0.717, 1.165) is 18.4 Å². The van der Waals surface area contributed by atoms with Crippen LogP contribution < -0.4 is 0 Å². The molecule has 1 nitrogen and oxygen atoms in total. The molecule has 0 saturated carbocycles. The Balaban J connectivity index is 3.06. The van der Waals surface area contributed by atoms with E-state index in [0.29, 0.717) is 17.6 Å². The molecule has 0 aliphatic rings. The Bertz CT molecular complexity index is 351. The second kappa shape index (κ2) is 5.38. The van der Waals surface area contributed by atoms with Gasteiger partial charge in [0.15, 0.2) is 0 Å².